The van der Waals surface area contributed by atoms with Gasteiger partial charge in [0, 0.05) is 17.9 Å². The monoisotopic (exact) mass is 483 g/mol. The molecule has 1 aliphatic rings. The molecule has 0 bridgehead atoms. The molecule has 10 heteroatoms. The second-order valence-corrected chi connectivity index (χ2v) is 8.91. The van der Waals surface area contributed by atoms with Gasteiger partial charge in [0.05, 0.1) is 13.7 Å². The smallest absolute Gasteiger partial charge is 0.401 e. The number of halogens is 3. The number of ether oxygens (including phenoxy) is 1. The van der Waals surface area contributed by atoms with Crippen molar-refractivity contribution in [1.29, 1.82) is 0 Å². The fraction of sp³-hybridized carbons (Fsp3) is 0.391. The number of amides is 1. The minimum absolute atomic E-state index is 0.236. The van der Waals surface area contributed by atoms with Crippen LogP contribution >= 0.6 is 11.8 Å². The maximum absolute atomic E-state index is 13.8. The standard InChI is InChI=1S/C23H24F3NO5S/c1-32-17-9-7-15(8-10-17)12-33-13-18(23(24,25)26)20(28)27-14-22(31,11-19(27)21(29)30)16-5-3-2-4-6-16/h2-10,18-19,31H,11-14H2,1H3,(H,29,30)/t18?,19-,22?/m0/s1. The number of carboxylic acids is 1. The maximum atomic E-state index is 13.8. The lowest BCUT2D eigenvalue weighted by Crippen LogP contribution is -2.48. The Balaban J connectivity index is 1.76. The van der Waals surface area contributed by atoms with E-state index in [-0.39, 0.29) is 12.2 Å². The second-order valence-electron chi connectivity index (χ2n) is 7.88. The van der Waals surface area contributed by atoms with Gasteiger partial charge in [-0.3, -0.25) is 4.79 Å². The highest BCUT2D eigenvalue weighted by molar-refractivity contribution is 7.98. The van der Waals surface area contributed by atoms with E-state index in [0.29, 0.717) is 16.2 Å². The summed E-state index contributed by atoms with van der Waals surface area (Å²) in [4.78, 5) is 25.4. The normalized spacial score (nSPS) is 21.6. The first-order valence-corrected chi connectivity index (χ1v) is 11.3. The zero-order valence-electron chi connectivity index (χ0n) is 17.8. The van der Waals surface area contributed by atoms with Gasteiger partial charge in [0.25, 0.3) is 0 Å². The van der Waals surface area contributed by atoms with Crippen LogP contribution in [0.1, 0.15) is 17.5 Å². The van der Waals surface area contributed by atoms with Gasteiger partial charge >= 0.3 is 12.1 Å². The fourth-order valence-electron chi connectivity index (χ4n) is 3.82. The van der Waals surface area contributed by atoms with Crippen molar-refractivity contribution in [2.45, 2.75) is 30.0 Å². The molecule has 2 N–H and O–H groups in total. The first-order valence-electron chi connectivity index (χ1n) is 10.1. The van der Waals surface area contributed by atoms with Gasteiger partial charge in [-0.15, -0.1) is 0 Å². The van der Waals surface area contributed by atoms with E-state index in [1.165, 1.54) is 7.11 Å². The van der Waals surface area contributed by atoms with Gasteiger partial charge in [-0.2, -0.15) is 24.9 Å². The van der Waals surface area contributed by atoms with Gasteiger partial charge in [-0.25, -0.2) is 4.79 Å². The number of β-amino-alcohol motifs (C(OH)–C–C–N with tert-alkyl or cyclic N) is 1. The van der Waals surface area contributed by atoms with Crippen molar-refractivity contribution in [3.8, 4) is 5.75 Å². The molecule has 1 saturated heterocycles. The van der Waals surface area contributed by atoms with Gasteiger partial charge in [0.1, 0.15) is 23.3 Å². The number of benzene rings is 2. The Morgan fingerprint density at radius 1 is 1.18 bits per heavy atom. The molecule has 0 spiro atoms. The number of hydrogen-bond acceptors (Lipinski definition) is 5. The fourth-order valence-corrected chi connectivity index (χ4v) is 4.93. The Bertz CT molecular complexity index is 970. The molecule has 1 fully saturated rings. The topological polar surface area (TPSA) is 87.1 Å². The minimum atomic E-state index is -4.86. The van der Waals surface area contributed by atoms with Gasteiger partial charge in [0.15, 0.2) is 0 Å². The molecule has 0 aliphatic carbocycles. The molecule has 0 saturated carbocycles. The molecule has 0 aromatic heterocycles. The number of carbonyl (C=O) groups is 2. The average molecular weight is 484 g/mol. The predicted octanol–water partition coefficient (Wildman–Crippen LogP) is 3.68. The maximum Gasteiger partial charge on any atom is 0.401 e. The second kappa shape index (κ2) is 10.0. The highest BCUT2D eigenvalue weighted by Gasteiger charge is 2.54. The molecule has 2 aromatic carbocycles. The van der Waals surface area contributed by atoms with Gasteiger partial charge in [0.2, 0.25) is 5.91 Å². The molecule has 178 valence electrons. The summed E-state index contributed by atoms with van der Waals surface area (Å²) >= 11 is 0.930. The molecule has 3 atom stereocenters. The van der Waals surface area contributed by atoms with E-state index in [9.17, 15) is 33.0 Å². The largest absolute Gasteiger partial charge is 0.497 e. The van der Waals surface area contributed by atoms with Gasteiger partial charge in [-0.05, 0) is 23.3 Å². The number of rotatable bonds is 8. The molecule has 2 aromatic rings. The van der Waals surface area contributed by atoms with E-state index >= 15 is 0 Å². The third kappa shape index (κ3) is 5.80. The number of alkyl halides is 3. The Labute approximate surface area is 193 Å². The molecular formula is C23H24F3NO5S. The van der Waals surface area contributed by atoms with Crippen molar-refractivity contribution in [2.24, 2.45) is 5.92 Å². The molecule has 1 amide bonds. The van der Waals surface area contributed by atoms with E-state index in [1.54, 1.807) is 54.6 Å². The third-order valence-electron chi connectivity index (χ3n) is 5.62. The number of nitrogens with zero attached hydrogens (tertiary/aromatic N) is 1. The van der Waals surface area contributed by atoms with Crippen LogP contribution in [0.2, 0.25) is 0 Å². The summed E-state index contributed by atoms with van der Waals surface area (Å²) in [7, 11) is 1.50. The van der Waals surface area contributed by atoms with Crippen molar-refractivity contribution >= 4 is 23.6 Å². The molecule has 3 rings (SSSR count). The number of likely N-dealkylation sites (tertiary alicyclic amines) is 1. The number of carbonyl (C=O) groups excluding carboxylic acids is 1. The van der Waals surface area contributed by atoms with Crippen LogP contribution in [0.15, 0.2) is 54.6 Å². The van der Waals surface area contributed by atoms with Gasteiger partial charge < -0.3 is 19.8 Å². The molecule has 33 heavy (non-hydrogen) atoms. The average Bonchev–Trinajstić information content (AvgIpc) is 3.16. The highest BCUT2D eigenvalue weighted by atomic mass is 32.2. The first kappa shape index (κ1) is 24.9. The summed E-state index contributed by atoms with van der Waals surface area (Å²) in [5.74, 6) is -4.90. The molecular weight excluding hydrogens is 459 g/mol. The van der Waals surface area contributed by atoms with Crippen LogP contribution in [0.5, 0.6) is 5.75 Å². The number of thioether (sulfide) groups is 1. The van der Waals surface area contributed by atoms with Crippen molar-refractivity contribution < 1.29 is 37.7 Å². The lowest BCUT2D eigenvalue weighted by atomic mass is 9.91. The molecule has 1 heterocycles. The summed E-state index contributed by atoms with van der Waals surface area (Å²) in [5.41, 5.74) is -0.631. The molecule has 2 unspecified atom stereocenters. The van der Waals surface area contributed by atoms with Crippen LogP contribution in [0.3, 0.4) is 0 Å². The van der Waals surface area contributed by atoms with Crippen LogP contribution in [-0.2, 0) is 20.9 Å². The van der Waals surface area contributed by atoms with Crippen LogP contribution < -0.4 is 4.74 Å². The number of carboxylic acid groups (broad SMARTS) is 1. The molecule has 0 radical (unpaired) electrons. The van der Waals surface area contributed by atoms with E-state index in [4.69, 9.17) is 4.74 Å². The zero-order valence-corrected chi connectivity index (χ0v) is 18.6. The van der Waals surface area contributed by atoms with Crippen molar-refractivity contribution in [1.82, 2.24) is 4.90 Å². The summed E-state index contributed by atoms with van der Waals surface area (Å²) in [5, 5.41) is 20.6. The van der Waals surface area contributed by atoms with Gasteiger partial charge in [-0.1, -0.05) is 42.5 Å². The molecule has 6 nitrogen and oxygen atoms in total. The quantitative estimate of drug-likeness (QED) is 0.596. The number of aliphatic hydroxyl groups is 1. The summed E-state index contributed by atoms with van der Waals surface area (Å²) < 4.78 is 46.5. The summed E-state index contributed by atoms with van der Waals surface area (Å²) in [6.07, 6.45) is -5.25. The number of hydrogen-bond donors (Lipinski definition) is 2. The van der Waals surface area contributed by atoms with Crippen molar-refractivity contribution in [3.63, 3.8) is 0 Å². The Hall–Kier alpha value is -2.72. The Morgan fingerprint density at radius 3 is 2.36 bits per heavy atom. The van der Waals surface area contributed by atoms with E-state index in [1.807, 2.05) is 0 Å². The van der Waals surface area contributed by atoms with E-state index < -0.39 is 47.9 Å². The number of methoxy groups -OCH3 is 1. The predicted molar refractivity (Wildman–Crippen MR) is 117 cm³/mol. The van der Waals surface area contributed by atoms with Crippen LogP contribution in [0.4, 0.5) is 13.2 Å². The Morgan fingerprint density at radius 2 is 1.82 bits per heavy atom. The van der Waals surface area contributed by atoms with Crippen molar-refractivity contribution in [2.75, 3.05) is 19.4 Å². The van der Waals surface area contributed by atoms with Crippen LogP contribution in [-0.4, -0.2) is 58.6 Å². The van der Waals surface area contributed by atoms with Crippen LogP contribution in [0.25, 0.3) is 0 Å². The van der Waals surface area contributed by atoms with Crippen molar-refractivity contribution in [3.05, 3.63) is 65.7 Å². The number of aliphatic carboxylic acids is 1. The lowest BCUT2D eigenvalue weighted by molar-refractivity contribution is -0.186. The molecule has 1 aliphatic heterocycles. The van der Waals surface area contributed by atoms with E-state index in [2.05, 4.69) is 0 Å². The Kier molecular flexibility index (Phi) is 7.58. The summed E-state index contributed by atoms with van der Waals surface area (Å²) in [6.45, 7) is -0.525. The SMILES string of the molecule is COc1ccc(CSCC(C(=O)N2CC(O)(c3ccccc3)C[C@H]2C(=O)O)C(F)(F)F)cc1. The minimum Gasteiger partial charge on any atom is -0.497 e. The van der Waals surface area contributed by atoms with E-state index in [0.717, 1.165) is 17.3 Å². The third-order valence-corrected chi connectivity index (χ3v) is 6.73. The summed E-state index contributed by atoms with van der Waals surface area (Å²) in [6, 6.07) is 13.3. The highest BCUT2D eigenvalue weighted by Crippen LogP contribution is 2.39. The lowest BCUT2D eigenvalue weighted by Gasteiger charge is -2.28. The first-order chi connectivity index (χ1) is 15.5. The van der Waals surface area contributed by atoms with Crippen LogP contribution in [0, 0.1) is 5.92 Å². The zero-order chi connectivity index (χ0) is 24.2.